The molecule has 0 spiro atoms. The lowest BCUT2D eigenvalue weighted by Gasteiger charge is -2.38. The van der Waals surface area contributed by atoms with E-state index in [4.69, 9.17) is 16.1 Å². The highest BCUT2D eigenvalue weighted by Crippen LogP contribution is 2.53. The summed E-state index contributed by atoms with van der Waals surface area (Å²) in [6.45, 7) is 8.74. The third-order valence-corrected chi connectivity index (χ3v) is 7.50. The molecule has 35 heavy (non-hydrogen) atoms. The summed E-state index contributed by atoms with van der Waals surface area (Å²) >= 11 is 6.04. The van der Waals surface area contributed by atoms with Gasteiger partial charge in [0.2, 0.25) is 5.91 Å². The molecule has 2 aliphatic carbocycles. The number of anilines is 1. The highest BCUT2D eigenvalue weighted by atomic mass is 35.5. The van der Waals surface area contributed by atoms with Crippen molar-refractivity contribution >= 4 is 29.2 Å². The SMILES string of the molecule is Cc1cc(Cl)ccc1NC(=O)CC(CCC(=O)O)c1noc(C2CC(CC(C)(C)C)C2)c1C1CC1. The quantitative estimate of drug-likeness (QED) is 0.354. The van der Waals surface area contributed by atoms with Gasteiger partial charge in [0.1, 0.15) is 5.76 Å². The van der Waals surface area contributed by atoms with Crippen molar-refractivity contribution in [2.24, 2.45) is 11.3 Å². The Morgan fingerprint density at radius 2 is 1.94 bits per heavy atom. The van der Waals surface area contributed by atoms with Crippen LogP contribution in [0.5, 0.6) is 0 Å². The van der Waals surface area contributed by atoms with Crippen LogP contribution in [-0.2, 0) is 9.59 Å². The molecule has 1 aromatic heterocycles. The Kier molecular flexibility index (Phi) is 7.60. The number of nitrogens with zero attached hydrogens (tertiary/aromatic N) is 1. The van der Waals surface area contributed by atoms with Gasteiger partial charge >= 0.3 is 5.97 Å². The van der Waals surface area contributed by atoms with Crippen LogP contribution in [0, 0.1) is 18.3 Å². The van der Waals surface area contributed by atoms with Gasteiger partial charge in [0.05, 0.1) is 5.69 Å². The molecule has 2 aromatic rings. The van der Waals surface area contributed by atoms with Crippen LogP contribution in [0.1, 0.15) is 112 Å². The van der Waals surface area contributed by atoms with E-state index in [-0.39, 0.29) is 24.7 Å². The lowest BCUT2D eigenvalue weighted by molar-refractivity contribution is -0.137. The van der Waals surface area contributed by atoms with E-state index < -0.39 is 5.97 Å². The van der Waals surface area contributed by atoms with Gasteiger partial charge in [-0.3, -0.25) is 9.59 Å². The number of hydrogen-bond donors (Lipinski definition) is 2. The van der Waals surface area contributed by atoms with Crippen molar-refractivity contribution < 1.29 is 19.2 Å². The molecule has 2 aliphatic rings. The van der Waals surface area contributed by atoms with E-state index >= 15 is 0 Å². The molecule has 1 amide bonds. The van der Waals surface area contributed by atoms with Crippen molar-refractivity contribution in [1.29, 1.82) is 0 Å². The van der Waals surface area contributed by atoms with Crippen LogP contribution in [0.2, 0.25) is 5.02 Å². The number of aryl methyl sites for hydroxylation is 1. The summed E-state index contributed by atoms with van der Waals surface area (Å²) < 4.78 is 5.96. The van der Waals surface area contributed by atoms with Crippen molar-refractivity contribution in [3.8, 4) is 0 Å². The predicted octanol–water partition coefficient (Wildman–Crippen LogP) is 7.42. The molecule has 4 rings (SSSR count). The smallest absolute Gasteiger partial charge is 0.303 e. The van der Waals surface area contributed by atoms with Gasteiger partial charge in [0, 0.05) is 41.0 Å². The molecule has 0 saturated heterocycles. The van der Waals surface area contributed by atoms with Crippen LogP contribution in [0.4, 0.5) is 5.69 Å². The van der Waals surface area contributed by atoms with Gasteiger partial charge in [-0.25, -0.2) is 0 Å². The molecule has 2 fully saturated rings. The number of halogens is 1. The van der Waals surface area contributed by atoms with Crippen LogP contribution >= 0.6 is 11.6 Å². The first kappa shape index (κ1) is 25.7. The Morgan fingerprint density at radius 3 is 2.54 bits per heavy atom. The maximum Gasteiger partial charge on any atom is 0.303 e. The standard InChI is InChI=1S/C28H37ClN2O4/c1-16-11-21(29)8-9-22(16)30-23(32)14-19(7-10-24(33)34)26-25(18-5-6-18)27(35-31-26)20-12-17(13-20)15-28(2,3)4/h8-9,11,17-20H,5-7,10,12-15H2,1-4H3,(H,30,32)(H,33,34). The number of carbonyl (C=O) groups excluding carboxylic acids is 1. The average Bonchev–Trinajstić information content (AvgIpc) is 3.47. The lowest BCUT2D eigenvalue weighted by Crippen LogP contribution is -2.26. The highest BCUT2D eigenvalue weighted by molar-refractivity contribution is 6.30. The molecule has 1 aromatic carbocycles. The second-order valence-electron chi connectivity index (χ2n) is 11.8. The van der Waals surface area contributed by atoms with Gasteiger partial charge in [-0.2, -0.15) is 0 Å². The van der Waals surface area contributed by atoms with E-state index in [9.17, 15) is 14.7 Å². The first-order valence-corrected chi connectivity index (χ1v) is 13.1. The number of rotatable bonds is 10. The van der Waals surface area contributed by atoms with Gasteiger partial charge in [-0.05, 0) is 86.5 Å². The topological polar surface area (TPSA) is 92.4 Å². The van der Waals surface area contributed by atoms with E-state index in [1.165, 1.54) is 6.42 Å². The first-order valence-electron chi connectivity index (χ1n) is 12.8. The Hall–Kier alpha value is -2.34. The fraction of sp³-hybridized carbons (Fsp3) is 0.607. The number of aliphatic carboxylic acids is 1. The Morgan fingerprint density at radius 1 is 1.23 bits per heavy atom. The van der Waals surface area contributed by atoms with Crippen molar-refractivity contribution in [2.45, 2.75) is 96.8 Å². The summed E-state index contributed by atoms with van der Waals surface area (Å²) in [6, 6.07) is 5.34. The predicted molar refractivity (Wildman–Crippen MR) is 137 cm³/mol. The number of benzene rings is 1. The molecule has 2 saturated carbocycles. The summed E-state index contributed by atoms with van der Waals surface area (Å²) in [5.41, 5.74) is 3.87. The second-order valence-corrected chi connectivity index (χ2v) is 12.2. The molecule has 1 heterocycles. The number of carboxylic acids is 1. The summed E-state index contributed by atoms with van der Waals surface area (Å²) in [7, 11) is 0. The van der Waals surface area contributed by atoms with E-state index in [0.717, 1.165) is 48.3 Å². The zero-order valence-corrected chi connectivity index (χ0v) is 22.0. The number of carbonyl (C=O) groups is 2. The van der Waals surface area contributed by atoms with Crippen molar-refractivity contribution in [2.75, 3.05) is 5.32 Å². The van der Waals surface area contributed by atoms with Gasteiger partial charge in [-0.15, -0.1) is 0 Å². The maximum atomic E-state index is 13.0. The summed E-state index contributed by atoms with van der Waals surface area (Å²) in [5.74, 6) is 1.17. The molecule has 2 N–H and O–H groups in total. The van der Waals surface area contributed by atoms with E-state index in [0.29, 0.717) is 40.3 Å². The minimum Gasteiger partial charge on any atom is -0.481 e. The van der Waals surface area contributed by atoms with Crippen molar-refractivity contribution in [3.05, 3.63) is 45.8 Å². The van der Waals surface area contributed by atoms with Crippen LogP contribution in [-0.4, -0.2) is 22.1 Å². The molecule has 7 heteroatoms. The summed E-state index contributed by atoms with van der Waals surface area (Å²) in [5, 5.41) is 17.4. The zero-order chi connectivity index (χ0) is 25.3. The molecule has 6 nitrogen and oxygen atoms in total. The molecule has 0 bridgehead atoms. The molecule has 0 aliphatic heterocycles. The molecular weight excluding hydrogens is 464 g/mol. The van der Waals surface area contributed by atoms with Gasteiger partial charge in [0.15, 0.2) is 0 Å². The zero-order valence-electron chi connectivity index (χ0n) is 21.2. The van der Waals surface area contributed by atoms with Crippen LogP contribution in [0.15, 0.2) is 22.7 Å². The lowest BCUT2D eigenvalue weighted by atomic mass is 9.66. The van der Waals surface area contributed by atoms with Crippen LogP contribution < -0.4 is 5.32 Å². The van der Waals surface area contributed by atoms with E-state index in [1.807, 2.05) is 6.92 Å². The normalized spacial score (nSPS) is 20.8. The largest absolute Gasteiger partial charge is 0.481 e. The number of aromatic nitrogens is 1. The fourth-order valence-corrected chi connectivity index (χ4v) is 5.73. The minimum atomic E-state index is -0.871. The number of nitrogens with one attached hydrogen (secondary N) is 1. The first-order chi connectivity index (χ1) is 16.5. The second kappa shape index (κ2) is 10.3. The number of amides is 1. The van der Waals surface area contributed by atoms with Gasteiger partial charge in [-0.1, -0.05) is 37.5 Å². The highest BCUT2D eigenvalue weighted by Gasteiger charge is 2.42. The molecule has 1 unspecified atom stereocenters. The Balaban J connectivity index is 1.51. The van der Waals surface area contributed by atoms with E-state index in [2.05, 4.69) is 31.2 Å². The Bertz CT molecular complexity index is 1080. The van der Waals surface area contributed by atoms with Gasteiger partial charge in [0.25, 0.3) is 0 Å². The van der Waals surface area contributed by atoms with Gasteiger partial charge < -0.3 is 14.9 Å². The summed E-state index contributed by atoms with van der Waals surface area (Å²) in [6.07, 6.45) is 6.13. The molecule has 1 atom stereocenters. The van der Waals surface area contributed by atoms with Crippen LogP contribution in [0.25, 0.3) is 0 Å². The Labute approximate surface area is 212 Å². The number of hydrogen-bond acceptors (Lipinski definition) is 4. The molecule has 190 valence electrons. The summed E-state index contributed by atoms with van der Waals surface area (Å²) in [4.78, 5) is 24.4. The van der Waals surface area contributed by atoms with E-state index in [1.54, 1.807) is 18.2 Å². The fourth-order valence-electron chi connectivity index (χ4n) is 5.50. The monoisotopic (exact) mass is 500 g/mol. The molecular formula is C28H37ClN2O4. The average molecular weight is 501 g/mol. The molecule has 0 radical (unpaired) electrons. The third-order valence-electron chi connectivity index (χ3n) is 7.26. The third kappa shape index (κ3) is 6.66. The van der Waals surface area contributed by atoms with Crippen molar-refractivity contribution in [3.63, 3.8) is 0 Å². The van der Waals surface area contributed by atoms with Crippen LogP contribution in [0.3, 0.4) is 0 Å². The minimum absolute atomic E-state index is 0.0126. The maximum absolute atomic E-state index is 13.0. The number of carboxylic acid groups (broad SMARTS) is 1. The van der Waals surface area contributed by atoms with Crippen molar-refractivity contribution in [1.82, 2.24) is 5.16 Å².